The molecule has 6 nitrogen and oxygen atoms in total. The predicted octanol–water partition coefficient (Wildman–Crippen LogP) is -0.369. The third-order valence-electron chi connectivity index (χ3n) is 1.88. The second-order valence-corrected chi connectivity index (χ2v) is 3.06. The Morgan fingerprint density at radius 2 is 2.27 bits per heavy atom. The van der Waals surface area contributed by atoms with Gasteiger partial charge in [0.25, 0.3) is 5.91 Å². The van der Waals surface area contributed by atoms with Gasteiger partial charge in [0.15, 0.2) is 0 Å². The first-order valence-corrected chi connectivity index (χ1v) is 4.40. The zero-order valence-corrected chi connectivity index (χ0v) is 8.90. The van der Waals surface area contributed by atoms with Crippen molar-refractivity contribution in [2.75, 3.05) is 13.7 Å². The summed E-state index contributed by atoms with van der Waals surface area (Å²) in [7, 11) is 2.99. The molecule has 0 saturated carbocycles. The van der Waals surface area contributed by atoms with Crippen molar-refractivity contribution in [3.63, 3.8) is 0 Å². The first kappa shape index (κ1) is 11.2. The standard InChI is InChI=1S/C9H13N3O3/c1-6-7(5-12(2)11-6)9(14)10-4-8(13)15-3/h5H,4H2,1-3H3,(H,10,14). The largest absolute Gasteiger partial charge is 0.468 e. The molecule has 0 saturated heterocycles. The fourth-order valence-electron chi connectivity index (χ4n) is 1.14. The van der Waals surface area contributed by atoms with E-state index < -0.39 is 5.97 Å². The molecule has 0 aliphatic heterocycles. The van der Waals surface area contributed by atoms with E-state index in [1.807, 2.05) is 0 Å². The van der Waals surface area contributed by atoms with E-state index >= 15 is 0 Å². The number of ether oxygens (including phenoxy) is 1. The molecule has 0 bridgehead atoms. The average Bonchev–Trinajstić information content (AvgIpc) is 2.53. The van der Waals surface area contributed by atoms with Gasteiger partial charge in [0.2, 0.25) is 0 Å². The minimum Gasteiger partial charge on any atom is -0.468 e. The quantitative estimate of drug-likeness (QED) is 0.692. The minimum absolute atomic E-state index is 0.135. The number of hydrogen-bond acceptors (Lipinski definition) is 4. The molecule has 0 spiro atoms. The van der Waals surface area contributed by atoms with Crippen molar-refractivity contribution in [1.82, 2.24) is 15.1 Å². The first-order chi connectivity index (χ1) is 7.04. The lowest BCUT2D eigenvalue weighted by Gasteiger charge is -2.01. The van der Waals surface area contributed by atoms with Crippen LogP contribution >= 0.6 is 0 Å². The van der Waals surface area contributed by atoms with Gasteiger partial charge in [0, 0.05) is 13.2 Å². The molecular formula is C9H13N3O3. The highest BCUT2D eigenvalue weighted by Gasteiger charge is 2.13. The molecule has 0 aliphatic carbocycles. The van der Waals surface area contributed by atoms with Crippen LogP contribution in [0, 0.1) is 6.92 Å². The van der Waals surface area contributed by atoms with Gasteiger partial charge >= 0.3 is 5.97 Å². The maximum Gasteiger partial charge on any atom is 0.325 e. The van der Waals surface area contributed by atoms with Gasteiger partial charge in [-0.15, -0.1) is 0 Å². The van der Waals surface area contributed by atoms with Crippen molar-refractivity contribution in [2.45, 2.75) is 6.92 Å². The van der Waals surface area contributed by atoms with E-state index in [0.717, 1.165) is 0 Å². The molecule has 1 aromatic rings. The van der Waals surface area contributed by atoms with Crippen molar-refractivity contribution < 1.29 is 14.3 Å². The van der Waals surface area contributed by atoms with Crippen molar-refractivity contribution >= 4 is 11.9 Å². The number of amides is 1. The molecule has 1 aromatic heterocycles. The van der Waals surface area contributed by atoms with E-state index in [2.05, 4.69) is 15.2 Å². The summed E-state index contributed by atoms with van der Waals surface area (Å²) in [6, 6.07) is 0. The van der Waals surface area contributed by atoms with Gasteiger partial charge in [-0.05, 0) is 6.92 Å². The molecule has 15 heavy (non-hydrogen) atoms. The fourth-order valence-corrected chi connectivity index (χ4v) is 1.14. The van der Waals surface area contributed by atoms with Gasteiger partial charge in [0.05, 0.1) is 18.4 Å². The summed E-state index contributed by atoms with van der Waals surface area (Å²) in [6.07, 6.45) is 1.60. The normalized spacial score (nSPS) is 9.80. The lowest BCUT2D eigenvalue weighted by Crippen LogP contribution is -2.30. The first-order valence-electron chi connectivity index (χ1n) is 4.40. The van der Waals surface area contributed by atoms with Crippen LogP contribution in [0.1, 0.15) is 16.1 Å². The number of aryl methyl sites for hydroxylation is 2. The highest BCUT2D eigenvalue weighted by Crippen LogP contribution is 2.03. The molecule has 0 atom stereocenters. The third-order valence-corrected chi connectivity index (χ3v) is 1.88. The predicted molar refractivity (Wildman–Crippen MR) is 52.3 cm³/mol. The average molecular weight is 211 g/mol. The molecule has 1 N–H and O–H groups in total. The van der Waals surface area contributed by atoms with Crippen LogP contribution in [0.3, 0.4) is 0 Å². The summed E-state index contributed by atoms with van der Waals surface area (Å²) in [4.78, 5) is 22.3. The summed E-state index contributed by atoms with van der Waals surface area (Å²) >= 11 is 0. The second kappa shape index (κ2) is 4.59. The maximum atomic E-state index is 11.5. The monoisotopic (exact) mass is 211 g/mol. The van der Waals surface area contributed by atoms with Crippen LogP contribution in [0.15, 0.2) is 6.20 Å². The molecule has 1 heterocycles. The Morgan fingerprint density at radius 3 is 2.73 bits per heavy atom. The molecule has 0 unspecified atom stereocenters. The van der Waals surface area contributed by atoms with Crippen LogP contribution in [-0.4, -0.2) is 35.3 Å². The Balaban J connectivity index is 2.61. The molecule has 1 rings (SSSR count). The summed E-state index contributed by atoms with van der Waals surface area (Å²) < 4.78 is 5.94. The van der Waals surface area contributed by atoms with Crippen molar-refractivity contribution in [1.29, 1.82) is 0 Å². The van der Waals surface area contributed by atoms with Crippen LogP contribution in [0.25, 0.3) is 0 Å². The van der Waals surface area contributed by atoms with Gasteiger partial charge in [0.1, 0.15) is 6.54 Å². The lowest BCUT2D eigenvalue weighted by atomic mass is 10.2. The van der Waals surface area contributed by atoms with E-state index in [0.29, 0.717) is 11.3 Å². The lowest BCUT2D eigenvalue weighted by molar-refractivity contribution is -0.139. The number of rotatable bonds is 3. The molecule has 0 radical (unpaired) electrons. The third kappa shape index (κ3) is 2.80. The van der Waals surface area contributed by atoms with Gasteiger partial charge in [-0.1, -0.05) is 0 Å². The number of carbonyl (C=O) groups is 2. The molecule has 0 aliphatic rings. The SMILES string of the molecule is COC(=O)CNC(=O)c1cn(C)nc1C. The molecule has 6 heteroatoms. The van der Waals surface area contributed by atoms with Gasteiger partial charge < -0.3 is 10.1 Å². The van der Waals surface area contributed by atoms with E-state index in [1.165, 1.54) is 7.11 Å². The number of nitrogens with one attached hydrogen (secondary N) is 1. The summed E-state index contributed by atoms with van der Waals surface area (Å²) in [6.45, 7) is 1.59. The zero-order chi connectivity index (χ0) is 11.4. The van der Waals surface area contributed by atoms with Crippen LogP contribution < -0.4 is 5.32 Å². The highest BCUT2D eigenvalue weighted by molar-refractivity contribution is 5.96. The Labute approximate surface area is 87.2 Å². The topological polar surface area (TPSA) is 73.2 Å². The minimum atomic E-state index is -0.482. The van der Waals surface area contributed by atoms with E-state index in [4.69, 9.17) is 0 Å². The number of methoxy groups -OCH3 is 1. The Morgan fingerprint density at radius 1 is 1.60 bits per heavy atom. The Hall–Kier alpha value is -1.85. The van der Waals surface area contributed by atoms with Gasteiger partial charge in [-0.3, -0.25) is 14.3 Å². The fraction of sp³-hybridized carbons (Fsp3) is 0.444. The number of aromatic nitrogens is 2. The van der Waals surface area contributed by atoms with Gasteiger partial charge in [-0.25, -0.2) is 0 Å². The van der Waals surface area contributed by atoms with Crippen molar-refractivity contribution in [3.8, 4) is 0 Å². The van der Waals surface area contributed by atoms with E-state index in [1.54, 1.807) is 24.9 Å². The number of hydrogen-bond donors (Lipinski definition) is 1. The number of nitrogens with zero attached hydrogens (tertiary/aromatic N) is 2. The Bertz CT molecular complexity index is 384. The number of carbonyl (C=O) groups excluding carboxylic acids is 2. The van der Waals surface area contributed by atoms with Gasteiger partial charge in [-0.2, -0.15) is 5.10 Å². The molecule has 82 valence electrons. The summed E-state index contributed by atoms with van der Waals surface area (Å²) in [5.41, 5.74) is 1.08. The van der Waals surface area contributed by atoms with Crippen LogP contribution in [0.4, 0.5) is 0 Å². The second-order valence-electron chi connectivity index (χ2n) is 3.06. The maximum absolute atomic E-state index is 11.5. The molecule has 0 aromatic carbocycles. The van der Waals surface area contributed by atoms with Crippen LogP contribution in [-0.2, 0) is 16.6 Å². The molecular weight excluding hydrogens is 198 g/mol. The zero-order valence-electron chi connectivity index (χ0n) is 8.90. The summed E-state index contributed by atoms with van der Waals surface area (Å²) in [5, 5.41) is 6.46. The molecule has 0 fully saturated rings. The number of esters is 1. The highest BCUT2D eigenvalue weighted by atomic mass is 16.5. The van der Waals surface area contributed by atoms with Crippen LogP contribution in [0.2, 0.25) is 0 Å². The van der Waals surface area contributed by atoms with E-state index in [9.17, 15) is 9.59 Å². The Kier molecular flexibility index (Phi) is 3.43. The molecule has 1 amide bonds. The van der Waals surface area contributed by atoms with Crippen LogP contribution in [0.5, 0.6) is 0 Å². The smallest absolute Gasteiger partial charge is 0.325 e. The van der Waals surface area contributed by atoms with Crippen molar-refractivity contribution in [3.05, 3.63) is 17.5 Å². The van der Waals surface area contributed by atoms with E-state index in [-0.39, 0.29) is 12.5 Å². The summed E-state index contributed by atoms with van der Waals surface area (Å²) in [5.74, 6) is -0.809. The van der Waals surface area contributed by atoms with Crippen molar-refractivity contribution in [2.24, 2.45) is 7.05 Å².